The Morgan fingerprint density at radius 3 is 2.85 bits per heavy atom. The van der Waals surface area contributed by atoms with Crippen LogP contribution in [0.5, 0.6) is 5.75 Å². The van der Waals surface area contributed by atoms with Gasteiger partial charge >= 0.3 is 0 Å². The molecule has 0 aliphatic rings. The molecule has 0 spiro atoms. The van der Waals surface area contributed by atoms with Crippen LogP contribution < -0.4 is 10.1 Å². The molecule has 20 heavy (non-hydrogen) atoms. The largest absolute Gasteiger partial charge is 0.491 e. The Balaban J connectivity index is 2.29. The summed E-state index contributed by atoms with van der Waals surface area (Å²) >= 11 is 0. The summed E-state index contributed by atoms with van der Waals surface area (Å²) in [5.41, 5.74) is 1.78. The third-order valence-electron chi connectivity index (χ3n) is 2.77. The number of benzene rings is 1. The third kappa shape index (κ3) is 2.86. The molecule has 0 fully saturated rings. The normalized spacial score (nSPS) is 9.90. The molecule has 1 aromatic carbocycles. The summed E-state index contributed by atoms with van der Waals surface area (Å²) in [5.74, 6) is 0.162. The lowest BCUT2D eigenvalue weighted by atomic mass is 10.1. The molecule has 2 rings (SSSR count). The van der Waals surface area contributed by atoms with Crippen molar-refractivity contribution in [1.82, 2.24) is 4.98 Å². The number of pyridine rings is 1. The summed E-state index contributed by atoms with van der Waals surface area (Å²) < 4.78 is 18.9. The number of nitrogens with zero attached hydrogens (tertiary/aromatic N) is 2. The monoisotopic (exact) mass is 271 g/mol. The zero-order chi connectivity index (χ0) is 14.5. The van der Waals surface area contributed by atoms with Gasteiger partial charge in [0.2, 0.25) is 0 Å². The molecule has 5 heteroatoms. The smallest absolute Gasteiger partial charge is 0.167 e. The topological polar surface area (TPSA) is 57.9 Å². The highest BCUT2D eigenvalue weighted by molar-refractivity contribution is 5.64. The van der Waals surface area contributed by atoms with E-state index in [2.05, 4.69) is 16.4 Å². The molecule has 2 aromatic rings. The number of halogens is 1. The van der Waals surface area contributed by atoms with Gasteiger partial charge in [0.15, 0.2) is 11.6 Å². The molecule has 1 aromatic heterocycles. The first-order valence-corrected chi connectivity index (χ1v) is 6.20. The van der Waals surface area contributed by atoms with Gasteiger partial charge in [0.25, 0.3) is 0 Å². The molecule has 1 N–H and O–H groups in total. The van der Waals surface area contributed by atoms with Gasteiger partial charge in [-0.25, -0.2) is 9.37 Å². The molecule has 1 heterocycles. The molecule has 102 valence electrons. The predicted octanol–water partition coefficient (Wildman–Crippen LogP) is 3.54. The molecule has 0 unspecified atom stereocenters. The first kappa shape index (κ1) is 13.8. The minimum atomic E-state index is -0.456. The SMILES string of the molecule is CCOc1ccc(Nc2nccc(C)c2C#N)cc1F. The van der Waals surface area contributed by atoms with E-state index >= 15 is 0 Å². The van der Waals surface area contributed by atoms with Crippen LogP contribution in [0.3, 0.4) is 0 Å². The summed E-state index contributed by atoms with van der Waals surface area (Å²) in [6.45, 7) is 4.02. The van der Waals surface area contributed by atoms with Crippen LogP contribution in [-0.4, -0.2) is 11.6 Å². The van der Waals surface area contributed by atoms with Gasteiger partial charge in [0.05, 0.1) is 12.2 Å². The Morgan fingerprint density at radius 1 is 1.40 bits per heavy atom. The first-order valence-electron chi connectivity index (χ1n) is 6.20. The molecule has 4 nitrogen and oxygen atoms in total. The maximum atomic E-state index is 13.8. The highest BCUT2D eigenvalue weighted by atomic mass is 19.1. The summed E-state index contributed by atoms with van der Waals surface area (Å²) in [6, 6.07) is 8.38. The summed E-state index contributed by atoms with van der Waals surface area (Å²) in [6.07, 6.45) is 1.60. The van der Waals surface area contributed by atoms with Gasteiger partial charge in [-0.2, -0.15) is 5.26 Å². The Morgan fingerprint density at radius 2 is 2.20 bits per heavy atom. The van der Waals surface area contributed by atoms with Gasteiger partial charge in [-0.1, -0.05) is 0 Å². The Bertz CT molecular complexity index is 665. The van der Waals surface area contributed by atoms with E-state index in [9.17, 15) is 4.39 Å². The second-order valence-corrected chi connectivity index (χ2v) is 4.17. The van der Waals surface area contributed by atoms with Gasteiger partial charge in [0.1, 0.15) is 11.9 Å². The fourth-order valence-corrected chi connectivity index (χ4v) is 1.78. The number of aryl methyl sites for hydroxylation is 1. The van der Waals surface area contributed by atoms with Crippen LogP contribution >= 0.6 is 0 Å². The maximum Gasteiger partial charge on any atom is 0.167 e. The van der Waals surface area contributed by atoms with Gasteiger partial charge in [0, 0.05) is 18.0 Å². The van der Waals surface area contributed by atoms with E-state index in [0.29, 0.717) is 23.7 Å². The number of rotatable bonds is 4. The second kappa shape index (κ2) is 6.02. The highest BCUT2D eigenvalue weighted by Gasteiger charge is 2.09. The van der Waals surface area contributed by atoms with E-state index < -0.39 is 5.82 Å². The van der Waals surface area contributed by atoms with Gasteiger partial charge < -0.3 is 10.1 Å². The molecule has 0 atom stereocenters. The van der Waals surface area contributed by atoms with Crippen LogP contribution in [0.1, 0.15) is 18.1 Å². The lowest BCUT2D eigenvalue weighted by molar-refractivity contribution is 0.321. The molecule has 0 radical (unpaired) electrons. The van der Waals surface area contributed by atoms with Crippen molar-refractivity contribution in [2.24, 2.45) is 0 Å². The van der Waals surface area contributed by atoms with Crippen LogP contribution in [0, 0.1) is 24.1 Å². The van der Waals surface area contributed by atoms with E-state index in [4.69, 9.17) is 10.00 Å². The number of nitriles is 1. The van der Waals surface area contributed by atoms with Crippen LogP contribution in [0.25, 0.3) is 0 Å². The van der Waals surface area contributed by atoms with E-state index in [1.807, 2.05) is 6.92 Å². The molecule has 0 saturated carbocycles. The third-order valence-corrected chi connectivity index (χ3v) is 2.77. The standard InChI is InChI=1S/C15H14FN3O/c1-3-20-14-5-4-11(8-13(14)16)19-15-12(9-17)10(2)6-7-18-15/h4-8H,3H2,1-2H3,(H,18,19). The minimum Gasteiger partial charge on any atom is -0.491 e. The molecular formula is C15H14FN3O. The number of ether oxygens (including phenoxy) is 1. The maximum absolute atomic E-state index is 13.8. The van der Waals surface area contributed by atoms with E-state index in [-0.39, 0.29) is 5.75 Å². The Hall–Kier alpha value is -2.61. The lowest BCUT2D eigenvalue weighted by Crippen LogP contribution is -2.00. The van der Waals surface area contributed by atoms with E-state index in [1.165, 1.54) is 6.07 Å². The fourth-order valence-electron chi connectivity index (χ4n) is 1.78. The highest BCUT2D eigenvalue weighted by Crippen LogP contribution is 2.25. The Kier molecular flexibility index (Phi) is 4.16. The van der Waals surface area contributed by atoms with E-state index in [0.717, 1.165) is 5.56 Å². The van der Waals surface area contributed by atoms with Gasteiger partial charge in [-0.15, -0.1) is 0 Å². The number of hydrogen-bond donors (Lipinski definition) is 1. The van der Waals surface area contributed by atoms with Crippen LogP contribution in [0.15, 0.2) is 30.5 Å². The van der Waals surface area contributed by atoms with Crippen molar-refractivity contribution < 1.29 is 9.13 Å². The van der Waals surface area contributed by atoms with Crippen LogP contribution in [0.2, 0.25) is 0 Å². The van der Waals surface area contributed by atoms with Gasteiger partial charge in [-0.3, -0.25) is 0 Å². The molecular weight excluding hydrogens is 257 g/mol. The summed E-state index contributed by atoms with van der Waals surface area (Å²) in [7, 11) is 0. The van der Waals surface area contributed by atoms with Crippen molar-refractivity contribution in [2.45, 2.75) is 13.8 Å². The summed E-state index contributed by atoms with van der Waals surface area (Å²) in [5, 5.41) is 12.1. The van der Waals surface area contributed by atoms with Crippen molar-refractivity contribution >= 4 is 11.5 Å². The second-order valence-electron chi connectivity index (χ2n) is 4.17. The number of aromatic nitrogens is 1. The number of anilines is 2. The van der Waals surface area contributed by atoms with Crippen molar-refractivity contribution in [3.8, 4) is 11.8 Å². The zero-order valence-electron chi connectivity index (χ0n) is 11.3. The van der Waals surface area contributed by atoms with Crippen molar-refractivity contribution in [2.75, 3.05) is 11.9 Å². The molecule has 0 saturated heterocycles. The molecule has 0 aliphatic heterocycles. The number of nitrogens with one attached hydrogen (secondary N) is 1. The average Bonchev–Trinajstić information content (AvgIpc) is 2.42. The summed E-state index contributed by atoms with van der Waals surface area (Å²) in [4.78, 5) is 4.11. The quantitative estimate of drug-likeness (QED) is 0.924. The van der Waals surface area contributed by atoms with E-state index in [1.54, 1.807) is 31.3 Å². The number of hydrogen-bond acceptors (Lipinski definition) is 4. The first-order chi connectivity index (χ1) is 9.65. The zero-order valence-corrected chi connectivity index (χ0v) is 11.3. The van der Waals surface area contributed by atoms with Crippen molar-refractivity contribution in [1.29, 1.82) is 5.26 Å². The average molecular weight is 271 g/mol. The predicted molar refractivity (Wildman–Crippen MR) is 74.5 cm³/mol. The fraction of sp³-hybridized carbons (Fsp3) is 0.200. The minimum absolute atomic E-state index is 0.204. The molecule has 0 aliphatic carbocycles. The lowest BCUT2D eigenvalue weighted by Gasteiger charge is -2.10. The Labute approximate surface area is 116 Å². The van der Waals surface area contributed by atoms with Crippen molar-refractivity contribution in [3.05, 3.63) is 47.4 Å². The van der Waals surface area contributed by atoms with Gasteiger partial charge in [-0.05, 0) is 37.6 Å². The molecule has 0 amide bonds. The van der Waals surface area contributed by atoms with Crippen molar-refractivity contribution in [3.63, 3.8) is 0 Å². The molecule has 0 bridgehead atoms. The van der Waals surface area contributed by atoms with Crippen LogP contribution in [0.4, 0.5) is 15.9 Å². The van der Waals surface area contributed by atoms with Crippen LogP contribution in [-0.2, 0) is 0 Å².